The van der Waals surface area contributed by atoms with Gasteiger partial charge < -0.3 is 5.11 Å². The molecule has 4 heteroatoms. The van der Waals surface area contributed by atoms with Gasteiger partial charge in [0.05, 0.1) is 11.3 Å². The predicted molar refractivity (Wildman–Crippen MR) is 69.6 cm³/mol. The zero-order chi connectivity index (χ0) is 12.8. The third-order valence-electron chi connectivity index (χ3n) is 2.21. The van der Waals surface area contributed by atoms with E-state index in [1.54, 1.807) is 24.3 Å². The van der Waals surface area contributed by atoms with Crippen LogP contribution in [0.2, 0.25) is 0 Å². The number of carboxylic acids is 1. The lowest BCUT2D eigenvalue weighted by Crippen LogP contribution is -2.02. The number of hydrogen-bond acceptors (Lipinski definition) is 3. The maximum Gasteiger partial charge on any atom is 0.335 e. The number of hydrazone groups is 1. The van der Waals surface area contributed by atoms with Gasteiger partial charge >= 0.3 is 5.97 Å². The fraction of sp³-hybridized carbons (Fsp3) is 0.385. The van der Waals surface area contributed by atoms with Crippen molar-refractivity contribution in [2.24, 2.45) is 11.0 Å². The minimum absolute atomic E-state index is 0.276. The van der Waals surface area contributed by atoms with Crippen LogP contribution in [0.15, 0.2) is 29.4 Å². The number of aromatic carboxylic acids is 1. The van der Waals surface area contributed by atoms with Crippen molar-refractivity contribution in [2.75, 3.05) is 5.43 Å². The normalized spacial score (nSPS) is 11.6. The fourth-order valence-electron chi connectivity index (χ4n) is 1.48. The molecule has 92 valence electrons. The van der Waals surface area contributed by atoms with E-state index in [0.717, 1.165) is 17.8 Å². The SMILES string of the molecule is C/C(CC(C)C)=N/Nc1ccc(C(=O)O)cc1. The molecule has 0 atom stereocenters. The molecule has 1 aromatic rings. The lowest BCUT2D eigenvalue weighted by Gasteiger charge is -2.05. The molecule has 2 N–H and O–H groups in total. The van der Waals surface area contributed by atoms with Gasteiger partial charge in [0, 0.05) is 5.71 Å². The lowest BCUT2D eigenvalue weighted by molar-refractivity contribution is 0.0697. The molecule has 0 saturated heterocycles. The molecule has 0 aliphatic carbocycles. The second kappa shape index (κ2) is 6.03. The molecule has 0 heterocycles. The maximum absolute atomic E-state index is 10.7. The van der Waals surface area contributed by atoms with Crippen LogP contribution in [0.1, 0.15) is 37.6 Å². The smallest absolute Gasteiger partial charge is 0.335 e. The van der Waals surface area contributed by atoms with Crippen LogP contribution < -0.4 is 5.43 Å². The zero-order valence-electron chi connectivity index (χ0n) is 10.4. The number of benzene rings is 1. The Bertz CT molecular complexity index is 408. The Balaban J connectivity index is 2.60. The van der Waals surface area contributed by atoms with E-state index in [2.05, 4.69) is 24.4 Å². The van der Waals surface area contributed by atoms with Crippen LogP contribution in [0.25, 0.3) is 0 Å². The topological polar surface area (TPSA) is 61.7 Å². The van der Waals surface area contributed by atoms with Crippen molar-refractivity contribution < 1.29 is 9.90 Å². The molecule has 0 bridgehead atoms. The number of anilines is 1. The summed E-state index contributed by atoms with van der Waals surface area (Å²) in [6, 6.07) is 6.52. The van der Waals surface area contributed by atoms with E-state index < -0.39 is 5.97 Å². The quantitative estimate of drug-likeness (QED) is 0.607. The van der Waals surface area contributed by atoms with Gasteiger partial charge in [-0.05, 0) is 43.5 Å². The van der Waals surface area contributed by atoms with Crippen molar-refractivity contribution in [3.05, 3.63) is 29.8 Å². The van der Waals surface area contributed by atoms with Gasteiger partial charge in [0.2, 0.25) is 0 Å². The number of nitrogens with zero attached hydrogens (tertiary/aromatic N) is 1. The highest BCUT2D eigenvalue weighted by Crippen LogP contribution is 2.10. The van der Waals surface area contributed by atoms with E-state index in [9.17, 15) is 4.79 Å². The Morgan fingerprint density at radius 1 is 1.35 bits per heavy atom. The van der Waals surface area contributed by atoms with Crippen molar-refractivity contribution in [1.82, 2.24) is 0 Å². The van der Waals surface area contributed by atoms with E-state index in [1.807, 2.05) is 6.92 Å². The molecule has 0 saturated carbocycles. The Hall–Kier alpha value is -1.84. The van der Waals surface area contributed by atoms with Gasteiger partial charge in [-0.2, -0.15) is 5.10 Å². The fourth-order valence-corrected chi connectivity index (χ4v) is 1.48. The highest BCUT2D eigenvalue weighted by molar-refractivity contribution is 5.88. The van der Waals surface area contributed by atoms with E-state index in [1.165, 1.54) is 0 Å². The zero-order valence-corrected chi connectivity index (χ0v) is 10.4. The van der Waals surface area contributed by atoms with Crippen molar-refractivity contribution in [1.29, 1.82) is 0 Å². The first-order valence-corrected chi connectivity index (χ1v) is 5.61. The Morgan fingerprint density at radius 3 is 2.41 bits per heavy atom. The second-order valence-corrected chi connectivity index (χ2v) is 4.44. The first kappa shape index (κ1) is 13.2. The van der Waals surface area contributed by atoms with Gasteiger partial charge in [0.1, 0.15) is 0 Å². The molecule has 0 unspecified atom stereocenters. The van der Waals surface area contributed by atoms with E-state index in [-0.39, 0.29) is 5.56 Å². The van der Waals surface area contributed by atoms with Crippen LogP contribution in [0, 0.1) is 5.92 Å². The maximum atomic E-state index is 10.7. The summed E-state index contributed by atoms with van der Waals surface area (Å²) in [5.41, 5.74) is 5.01. The molecule has 1 aromatic carbocycles. The molecule has 1 rings (SSSR count). The van der Waals surface area contributed by atoms with Crippen molar-refractivity contribution in [3.63, 3.8) is 0 Å². The molecule has 0 fully saturated rings. The lowest BCUT2D eigenvalue weighted by atomic mass is 10.1. The van der Waals surface area contributed by atoms with Crippen molar-refractivity contribution >= 4 is 17.4 Å². The number of carboxylic acid groups (broad SMARTS) is 1. The molecule has 0 radical (unpaired) electrons. The van der Waals surface area contributed by atoms with Crippen LogP contribution in [-0.2, 0) is 0 Å². The molecule has 0 aliphatic rings. The van der Waals surface area contributed by atoms with Crippen LogP contribution in [0.4, 0.5) is 5.69 Å². The molecular weight excluding hydrogens is 216 g/mol. The molecule has 0 aromatic heterocycles. The third-order valence-corrected chi connectivity index (χ3v) is 2.21. The standard InChI is InChI=1S/C13H18N2O2/c1-9(2)8-10(3)14-15-12-6-4-11(5-7-12)13(16)17/h4-7,9,15H,8H2,1-3H3,(H,16,17)/b14-10-. The number of hydrogen-bond donors (Lipinski definition) is 2. The average molecular weight is 234 g/mol. The summed E-state index contributed by atoms with van der Waals surface area (Å²) < 4.78 is 0. The summed E-state index contributed by atoms with van der Waals surface area (Å²) in [5, 5.41) is 13.0. The number of carbonyl (C=O) groups is 1. The van der Waals surface area contributed by atoms with Crippen LogP contribution in [0.3, 0.4) is 0 Å². The number of nitrogens with one attached hydrogen (secondary N) is 1. The first-order valence-electron chi connectivity index (χ1n) is 5.61. The van der Waals surface area contributed by atoms with Crippen LogP contribution in [0.5, 0.6) is 0 Å². The monoisotopic (exact) mass is 234 g/mol. The van der Waals surface area contributed by atoms with Gasteiger partial charge in [-0.3, -0.25) is 5.43 Å². The Kier molecular flexibility index (Phi) is 4.69. The summed E-state index contributed by atoms with van der Waals surface area (Å²) in [5.74, 6) is -0.342. The van der Waals surface area contributed by atoms with Crippen molar-refractivity contribution in [2.45, 2.75) is 27.2 Å². The highest BCUT2D eigenvalue weighted by atomic mass is 16.4. The Morgan fingerprint density at radius 2 is 1.94 bits per heavy atom. The first-order chi connectivity index (χ1) is 7.99. The van der Waals surface area contributed by atoms with Gasteiger partial charge in [-0.1, -0.05) is 13.8 Å². The minimum atomic E-state index is -0.920. The summed E-state index contributed by atoms with van der Waals surface area (Å²) in [7, 11) is 0. The molecule has 4 nitrogen and oxygen atoms in total. The summed E-state index contributed by atoms with van der Waals surface area (Å²) in [6.07, 6.45) is 0.945. The minimum Gasteiger partial charge on any atom is -0.478 e. The summed E-state index contributed by atoms with van der Waals surface area (Å²) in [6.45, 7) is 6.25. The molecule has 0 spiro atoms. The predicted octanol–water partition coefficient (Wildman–Crippen LogP) is 3.22. The Labute approximate surface area is 101 Å². The van der Waals surface area contributed by atoms with E-state index in [4.69, 9.17) is 5.11 Å². The second-order valence-electron chi connectivity index (χ2n) is 4.44. The summed E-state index contributed by atoms with van der Waals surface area (Å²) in [4.78, 5) is 10.7. The third kappa shape index (κ3) is 4.68. The van der Waals surface area contributed by atoms with Crippen LogP contribution in [-0.4, -0.2) is 16.8 Å². The highest BCUT2D eigenvalue weighted by Gasteiger charge is 2.01. The van der Waals surface area contributed by atoms with Gasteiger partial charge in [0.25, 0.3) is 0 Å². The van der Waals surface area contributed by atoms with E-state index in [0.29, 0.717) is 5.92 Å². The molecular formula is C13H18N2O2. The van der Waals surface area contributed by atoms with Gasteiger partial charge in [-0.15, -0.1) is 0 Å². The molecule has 0 amide bonds. The van der Waals surface area contributed by atoms with Crippen LogP contribution >= 0.6 is 0 Å². The molecule has 0 aliphatic heterocycles. The largest absolute Gasteiger partial charge is 0.478 e. The van der Waals surface area contributed by atoms with Gasteiger partial charge in [0.15, 0.2) is 0 Å². The van der Waals surface area contributed by atoms with Crippen molar-refractivity contribution in [3.8, 4) is 0 Å². The average Bonchev–Trinajstić information content (AvgIpc) is 2.26. The summed E-state index contributed by atoms with van der Waals surface area (Å²) >= 11 is 0. The number of rotatable bonds is 5. The van der Waals surface area contributed by atoms with E-state index >= 15 is 0 Å². The molecule has 17 heavy (non-hydrogen) atoms. The van der Waals surface area contributed by atoms with Gasteiger partial charge in [-0.25, -0.2) is 4.79 Å².